The van der Waals surface area contributed by atoms with Gasteiger partial charge in [-0.15, -0.1) is 11.3 Å². The van der Waals surface area contributed by atoms with E-state index in [1.54, 1.807) is 17.4 Å². The fraction of sp³-hybridized carbons (Fsp3) is 0.286. The van der Waals surface area contributed by atoms with Crippen LogP contribution >= 0.6 is 11.3 Å². The summed E-state index contributed by atoms with van der Waals surface area (Å²) in [5.74, 6) is -1.57. The second-order valence-electron chi connectivity index (χ2n) is 4.13. The lowest BCUT2D eigenvalue weighted by Gasteiger charge is -2.19. The van der Waals surface area contributed by atoms with Crippen LogP contribution < -0.4 is 0 Å². The number of hydrogen-bond acceptors (Lipinski definition) is 2. The van der Waals surface area contributed by atoms with Crippen LogP contribution in [0.15, 0.2) is 35.7 Å². The van der Waals surface area contributed by atoms with E-state index in [2.05, 4.69) is 17.9 Å². The molecule has 0 aliphatic rings. The van der Waals surface area contributed by atoms with Crippen molar-refractivity contribution in [2.45, 2.75) is 20.0 Å². The second-order valence-corrected chi connectivity index (χ2v) is 5.16. The molecule has 1 nitrogen and oxygen atoms in total. The zero-order chi connectivity index (χ0) is 13.0. The van der Waals surface area contributed by atoms with E-state index in [0.717, 1.165) is 18.7 Å². The van der Waals surface area contributed by atoms with Gasteiger partial charge in [-0.1, -0.05) is 19.1 Å². The molecule has 1 aromatic heterocycles. The van der Waals surface area contributed by atoms with Crippen LogP contribution in [0.25, 0.3) is 0 Å². The molecule has 0 atom stereocenters. The van der Waals surface area contributed by atoms with Gasteiger partial charge in [0.1, 0.15) is 0 Å². The van der Waals surface area contributed by atoms with E-state index in [4.69, 9.17) is 0 Å². The Morgan fingerprint density at radius 3 is 2.56 bits per heavy atom. The van der Waals surface area contributed by atoms with Crippen molar-refractivity contribution in [1.29, 1.82) is 0 Å². The summed E-state index contributed by atoms with van der Waals surface area (Å²) in [7, 11) is 0. The highest BCUT2D eigenvalue weighted by Gasteiger charge is 2.08. The van der Waals surface area contributed by atoms with E-state index in [9.17, 15) is 8.78 Å². The first-order valence-corrected chi connectivity index (χ1v) is 6.75. The van der Waals surface area contributed by atoms with Gasteiger partial charge in [-0.3, -0.25) is 4.90 Å². The Kier molecular flexibility index (Phi) is 4.44. The highest BCUT2D eigenvalue weighted by atomic mass is 32.1. The minimum absolute atomic E-state index is 0.631. The fourth-order valence-electron chi connectivity index (χ4n) is 1.80. The Morgan fingerprint density at radius 1 is 1.11 bits per heavy atom. The van der Waals surface area contributed by atoms with E-state index >= 15 is 0 Å². The van der Waals surface area contributed by atoms with E-state index < -0.39 is 11.6 Å². The molecule has 0 radical (unpaired) electrons. The summed E-state index contributed by atoms with van der Waals surface area (Å²) in [5, 5.41) is 2.04. The Balaban J connectivity index is 2.03. The quantitative estimate of drug-likeness (QED) is 0.790. The first-order chi connectivity index (χ1) is 8.69. The van der Waals surface area contributed by atoms with E-state index in [1.807, 2.05) is 11.4 Å². The average molecular weight is 267 g/mol. The van der Waals surface area contributed by atoms with Crippen molar-refractivity contribution < 1.29 is 8.78 Å². The third-order valence-electron chi connectivity index (χ3n) is 2.80. The van der Waals surface area contributed by atoms with Crippen LogP contribution in [0.3, 0.4) is 0 Å². The summed E-state index contributed by atoms with van der Waals surface area (Å²) in [6.07, 6.45) is 0. The van der Waals surface area contributed by atoms with Crippen LogP contribution in [0.5, 0.6) is 0 Å². The maximum atomic E-state index is 13.1. The fourth-order valence-corrected chi connectivity index (χ4v) is 2.54. The van der Waals surface area contributed by atoms with Crippen LogP contribution in [0.2, 0.25) is 0 Å². The predicted octanol–water partition coefficient (Wildman–Crippen LogP) is 4.05. The smallest absolute Gasteiger partial charge is 0.159 e. The molecule has 0 aliphatic carbocycles. The molecule has 96 valence electrons. The summed E-state index contributed by atoms with van der Waals surface area (Å²) in [4.78, 5) is 3.47. The average Bonchev–Trinajstić information content (AvgIpc) is 2.86. The summed E-state index contributed by atoms with van der Waals surface area (Å²) in [5.41, 5.74) is 0.798. The molecule has 2 rings (SSSR count). The van der Waals surface area contributed by atoms with Gasteiger partial charge in [-0.25, -0.2) is 8.78 Å². The highest BCUT2D eigenvalue weighted by Crippen LogP contribution is 2.15. The minimum atomic E-state index is -0.792. The zero-order valence-electron chi connectivity index (χ0n) is 10.2. The van der Waals surface area contributed by atoms with Crippen molar-refractivity contribution in [3.8, 4) is 0 Å². The van der Waals surface area contributed by atoms with Gasteiger partial charge in [0, 0.05) is 18.0 Å². The number of rotatable bonds is 5. The first kappa shape index (κ1) is 13.2. The largest absolute Gasteiger partial charge is 0.294 e. The Hall–Kier alpha value is -1.26. The van der Waals surface area contributed by atoms with Gasteiger partial charge in [0.05, 0.1) is 0 Å². The van der Waals surface area contributed by atoms with E-state index in [0.29, 0.717) is 6.54 Å². The number of halogens is 2. The third-order valence-corrected chi connectivity index (χ3v) is 3.66. The molecule has 2 aromatic rings. The van der Waals surface area contributed by atoms with E-state index in [1.165, 1.54) is 17.0 Å². The molecule has 1 aromatic carbocycles. The van der Waals surface area contributed by atoms with Crippen molar-refractivity contribution in [1.82, 2.24) is 4.90 Å². The van der Waals surface area contributed by atoms with Crippen LogP contribution in [0.1, 0.15) is 17.4 Å². The van der Waals surface area contributed by atoms with Crippen LogP contribution in [-0.4, -0.2) is 11.4 Å². The van der Waals surface area contributed by atoms with Crippen molar-refractivity contribution in [2.24, 2.45) is 0 Å². The molecular weight excluding hydrogens is 252 g/mol. The van der Waals surface area contributed by atoms with Crippen LogP contribution in [0, 0.1) is 11.6 Å². The maximum Gasteiger partial charge on any atom is 0.159 e. The number of nitrogens with zero attached hydrogens (tertiary/aromatic N) is 1. The molecule has 0 spiro atoms. The van der Waals surface area contributed by atoms with Crippen LogP contribution in [0.4, 0.5) is 8.78 Å². The zero-order valence-corrected chi connectivity index (χ0v) is 11.0. The van der Waals surface area contributed by atoms with Crippen LogP contribution in [-0.2, 0) is 13.1 Å². The van der Waals surface area contributed by atoms with Crippen molar-refractivity contribution >= 4 is 11.3 Å². The standard InChI is InChI=1S/C14H15F2NS/c1-2-17(10-12-4-3-7-18-12)9-11-5-6-13(15)14(16)8-11/h3-8H,2,9-10H2,1H3. The summed E-state index contributed by atoms with van der Waals surface area (Å²) < 4.78 is 26.0. The summed E-state index contributed by atoms with van der Waals surface area (Å²) >= 11 is 1.71. The van der Waals surface area contributed by atoms with Crippen molar-refractivity contribution in [3.05, 3.63) is 57.8 Å². The predicted molar refractivity (Wildman–Crippen MR) is 70.5 cm³/mol. The lowest BCUT2D eigenvalue weighted by Crippen LogP contribution is -2.21. The third kappa shape index (κ3) is 3.37. The monoisotopic (exact) mass is 267 g/mol. The molecule has 0 aliphatic heterocycles. The second kappa shape index (κ2) is 6.07. The lowest BCUT2D eigenvalue weighted by molar-refractivity contribution is 0.273. The first-order valence-electron chi connectivity index (χ1n) is 5.87. The highest BCUT2D eigenvalue weighted by molar-refractivity contribution is 7.09. The Labute approximate surface area is 110 Å². The molecule has 0 fully saturated rings. The van der Waals surface area contributed by atoms with Gasteiger partial charge >= 0.3 is 0 Å². The number of thiophene rings is 1. The minimum Gasteiger partial charge on any atom is -0.294 e. The topological polar surface area (TPSA) is 3.24 Å². The van der Waals surface area contributed by atoms with E-state index in [-0.39, 0.29) is 0 Å². The lowest BCUT2D eigenvalue weighted by atomic mass is 10.2. The van der Waals surface area contributed by atoms with Gasteiger partial charge < -0.3 is 0 Å². The molecule has 18 heavy (non-hydrogen) atoms. The molecule has 0 saturated heterocycles. The Bertz CT molecular complexity index is 497. The normalized spacial score (nSPS) is 11.1. The molecule has 0 bridgehead atoms. The van der Waals surface area contributed by atoms with Gasteiger partial charge in [0.15, 0.2) is 11.6 Å². The number of benzene rings is 1. The molecule has 0 N–H and O–H groups in total. The van der Waals surface area contributed by atoms with Gasteiger partial charge in [-0.05, 0) is 35.7 Å². The molecule has 1 heterocycles. The van der Waals surface area contributed by atoms with Crippen molar-refractivity contribution in [3.63, 3.8) is 0 Å². The molecular formula is C14H15F2NS. The van der Waals surface area contributed by atoms with Gasteiger partial charge in [-0.2, -0.15) is 0 Å². The Morgan fingerprint density at radius 2 is 1.94 bits per heavy atom. The molecule has 0 unspecified atom stereocenters. The van der Waals surface area contributed by atoms with Gasteiger partial charge in [0.25, 0.3) is 0 Å². The summed E-state index contributed by atoms with van der Waals surface area (Å²) in [6.45, 7) is 4.41. The van der Waals surface area contributed by atoms with Crippen molar-refractivity contribution in [2.75, 3.05) is 6.54 Å². The van der Waals surface area contributed by atoms with Gasteiger partial charge in [0.2, 0.25) is 0 Å². The molecule has 0 amide bonds. The maximum absolute atomic E-state index is 13.1. The number of hydrogen-bond donors (Lipinski definition) is 0. The summed E-state index contributed by atoms with van der Waals surface area (Å²) in [6, 6.07) is 8.19. The molecule has 0 saturated carbocycles. The SMILES string of the molecule is CCN(Cc1ccc(F)c(F)c1)Cc1cccs1. The molecule has 4 heteroatoms.